The van der Waals surface area contributed by atoms with Crippen molar-refractivity contribution in [3.05, 3.63) is 43.0 Å². The van der Waals surface area contributed by atoms with Crippen molar-refractivity contribution in [1.29, 1.82) is 0 Å². The zero-order valence-electron chi connectivity index (χ0n) is 19.5. The van der Waals surface area contributed by atoms with E-state index in [1.165, 1.54) is 6.92 Å². The average molecular weight is 611 g/mol. The van der Waals surface area contributed by atoms with Crippen molar-refractivity contribution in [2.75, 3.05) is 6.61 Å². The van der Waals surface area contributed by atoms with Crippen LogP contribution in [0.1, 0.15) is 18.2 Å². The van der Waals surface area contributed by atoms with E-state index in [1.807, 2.05) is 4.98 Å². The Labute approximate surface area is 289 Å². The number of phosphoric acid groups is 3. The third kappa shape index (κ3) is 12.5. The van der Waals surface area contributed by atoms with Crippen LogP contribution in [0.4, 0.5) is 0 Å². The number of H-pyrrole nitrogens is 1. The van der Waals surface area contributed by atoms with Gasteiger partial charge in [0.1, 0.15) is 6.23 Å². The third-order valence-corrected chi connectivity index (χ3v) is 7.43. The molecule has 0 aromatic carbocycles. The number of rotatable bonds is 9. The molecule has 0 bridgehead atoms. The number of aliphatic hydroxyl groups is 1. The maximum atomic E-state index is 12.0. The van der Waals surface area contributed by atoms with E-state index >= 15 is 0 Å². The number of aromatic nitrogens is 2. The first-order chi connectivity index (χ1) is 14.5. The molecule has 1 aliphatic heterocycles. The summed E-state index contributed by atoms with van der Waals surface area (Å²) in [4.78, 5) is 71.3. The molecule has 2 rings (SSSR count). The summed E-state index contributed by atoms with van der Waals surface area (Å²) in [7, 11) is -18.5. The van der Waals surface area contributed by atoms with Crippen LogP contribution in [-0.4, -0.2) is 33.1 Å². The minimum atomic E-state index is -6.25. The monoisotopic (exact) mass is 611 g/mol. The number of hydrogen-bond acceptors (Lipinski definition) is 15. The van der Waals surface area contributed by atoms with Crippen LogP contribution in [0.5, 0.6) is 0 Å². The minimum absolute atomic E-state index is 0. The van der Waals surface area contributed by atoms with Gasteiger partial charge in [-0.3, -0.25) is 27.8 Å². The number of nitrogens with zero attached hydrogens (tertiary/aromatic N) is 4. The van der Waals surface area contributed by atoms with Gasteiger partial charge < -0.3 is 38.5 Å². The Kier molecular flexibility index (Phi) is 19.8. The molecule has 1 aliphatic rings. The second-order valence-electron chi connectivity index (χ2n) is 6.12. The van der Waals surface area contributed by atoms with Crippen molar-refractivity contribution in [1.82, 2.24) is 9.55 Å². The Morgan fingerprint density at radius 3 is 2.25 bits per heavy atom. The van der Waals surface area contributed by atoms with Gasteiger partial charge in [0.05, 0.1) is 20.5 Å². The van der Waals surface area contributed by atoms with Crippen LogP contribution in [0.3, 0.4) is 0 Å². The van der Waals surface area contributed by atoms with Crippen LogP contribution in [0.15, 0.2) is 20.9 Å². The molecule has 2 N–H and O–H groups in total. The Bertz CT molecular complexity index is 1200. The summed E-state index contributed by atoms with van der Waals surface area (Å²) < 4.78 is 49.8. The molecule has 1 fully saturated rings. The van der Waals surface area contributed by atoms with Gasteiger partial charge in [0.25, 0.3) is 21.2 Å². The molecule has 2 heterocycles. The van der Waals surface area contributed by atoms with Crippen molar-refractivity contribution >= 4 is 23.5 Å². The zero-order valence-corrected chi connectivity index (χ0v) is 30.2. The Morgan fingerprint density at radius 2 is 1.75 bits per heavy atom. The summed E-state index contributed by atoms with van der Waals surface area (Å²) in [5.74, 6) is 0. The van der Waals surface area contributed by atoms with Gasteiger partial charge in [-0.2, -0.15) is 0 Å². The van der Waals surface area contributed by atoms with E-state index in [-0.39, 0.29) is 124 Å². The third-order valence-electron chi connectivity index (χ3n) is 3.79. The van der Waals surface area contributed by atoms with Crippen LogP contribution in [0.2, 0.25) is 0 Å². The maximum Gasteiger partial charge on any atom is 1.00 e. The van der Waals surface area contributed by atoms with Crippen LogP contribution >= 0.6 is 23.5 Å². The minimum Gasteiger partial charge on any atom is -0.790 e. The molecule has 0 saturated carbocycles. The Morgan fingerprint density at radius 1 is 1.19 bits per heavy atom. The predicted molar refractivity (Wildman–Crippen MR) is 89.6 cm³/mol. The molecule has 1 aromatic rings. The van der Waals surface area contributed by atoms with E-state index in [4.69, 9.17) is 10.3 Å². The van der Waals surface area contributed by atoms with Gasteiger partial charge >= 0.3 is 124 Å². The molecule has 180 valence electrons. The molecule has 1 aromatic heterocycles. The van der Waals surface area contributed by atoms with E-state index in [9.17, 15) is 48.0 Å². The van der Waals surface area contributed by atoms with E-state index in [2.05, 4.69) is 23.2 Å². The number of hydrogen-bond donors (Lipinski definition) is 2. The second kappa shape index (κ2) is 16.7. The SMILES string of the molecule is Cc1cn([C@H]2C[C@H](O)[C@](COP(=O)([O-])OP(=O)([O-])OP(=O)([O-])[O-])(N=[N+]=[N-])O2)c(=O)[nH]c1=O.[Na+].[Na+].[Na+].[Na+]. The number of phosphoric ester groups is 1. The van der Waals surface area contributed by atoms with Crippen LogP contribution < -0.4 is 149 Å². The average Bonchev–Trinajstić information content (AvgIpc) is 2.90. The van der Waals surface area contributed by atoms with Crippen molar-refractivity contribution in [2.24, 2.45) is 5.11 Å². The summed E-state index contributed by atoms with van der Waals surface area (Å²) in [5, 5.41) is 13.3. The number of azide groups is 1. The van der Waals surface area contributed by atoms with Gasteiger partial charge in [-0.1, -0.05) is 5.11 Å². The summed E-state index contributed by atoms with van der Waals surface area (Å²) in [5.41, 5.74) is 4.54. The van der Waals surface area contributed by atoms with Crippen molar-refractivity contribution in [2.45, 2.75) is 31.4 Å². The Balaban J connectivity index is -0.00000272. The van der Waals surface area contributed by atoms with Gasteiger partial charge in [-0.05, 0) is 12.5 Å². The summed E-state index contributed by atoms with van der Waals surface area (Å²) in [6, 6.07) is 0. The molecule has 0 amide bonds. The van der Waals surface area contributed by atoms with Gasteiger partial charge in [0.2, 0.25) is 0 Å². The van der Waals surface area contributed by atoms with E-state index in [1.54, 1.807) is 0 Å². The predicted octanol–water partition coefficient (Wildman–Crippen LogP) is -15.0. The molecule has 1 saturated heterocycles. The van der Waals surface area contributed by atoms with Crippen LogP contribution in [-0.2, 0) is 31.6 Å². The van der Waals surface area contributed by atoms with Gasteiger partial charge in [-0.25, -0.2) is 9.11 Å². The van der Waals surface area contributed by atoms with Gasteiger partial charge in [0, 0.05) is 23.1 Å². The number of nitrogens with one attached hydrogen (secondary N) is 1. The maximum absolute atomic E-state index is 12.0. The first-order valence-corrected chi connectivity index (χ1v) is 12.3. The molecule has 36 heavy (non-hydrogen) atoms. The molecular formula is C10H12N5Na4O14P3. The second-order valence-corrected chi connectivity index (χ2v) is 10.4. The molecular weight excluding hydrogens is 599 g/mol. The van der Waals surface area contributed by atoms with Crippen LogP contribution in [0, 0.1) is 6.92 Å². The van der Waals surface area contributed by atoms with Gasteiger partial charge in [-0.15, -0.1) is 0 Å². The topological polar surface area (TPSA) is 304 Å². The first kappa shape index (κ1) is 42.8. The van der Waals surface area contributed by atoms with Crippen molar-refractivity contribution < 1.29 is 174 Å². The fraction of sp³-hybridized carbons (Fsp3) is 0.600. The van der Waals surface area contributed by atoms with Gasteiger partial charge in [0.15, 0.2) is 5.72 Å². The fourth-order valence-corrected chi connectivity index (χ4v) is 5.37. The first-order valence-electron chi connectivity index (χ1n) is 7.95. The quantitative estimate of drug-likeness (QED) is 0.0862. The molecule has 2 unspecified atom stereocenters. The molecule has 26 heteroatoms. The molecule has 0 aliphatic carbocycles. The van der Waals surface area contributed by atoms with E-state index < -0.39 is 65.8 Å². The van der Waals surface area contributed by atoms with Crippen molar-refractivity contribution in [3.8, 4) is 0 Å². The normalized spacial score (nSPS) is 24.3. The smallest absolute Gasteiger partial charge is 0.790 e. The summed E-state index contributed by atoms with van der Waals surface area (Å²) >= 11 is 0. The Hall–Kier alpha value is 2.32. The summed E-state index contributed by atoms with van der Waals surface area (Å²) in [6.07, 6.45) is -2.69. The van der Waals surface area contributed by atoms with E-state index in [0.29, 0.717) is 0 Å². The zero-order chi connectivity index (χ0) is 24.5. The summed E-state index contributed by atoms with van der Waals surface area (Å²) in [6.45, 7) is -0.0834. The number of aromatic amines is 1. The largest absolute Gasteiger partial charge is 1.00 e. The number of ether oxygens (including phenoxy) is 1. The molecule has 0 spiro atoms. The molecule has 19 nitrogen and oxygen atoms in total. The number of aliphatic hydroxyl groups excluding tert-OH is 1. The fourth-order valence-electron chi connectivity index (χ4n) is 2.49. The van der Waals surface area contributed by atoms with Crippen LogP contribution in [0.25, 0.3) is 10.4 Å². The van der Waals surface area contributed by atoms with Crippen molar-refractivity contribution in [3.63, 3.8) is 0 Å². The number of aryl methyl sites for hydroxylation is 1. The standard InChI is InChI=1S/C10H16N5O14P3.4Na/c1-5-3-15(9(18)12-8(5)17)7-2-6(16)10(27-7,13-14-11)4-26-31(22,23)29-32(24,25)28-30(19,20)21;;;;/h3,6-7,16H,2,4H2,1H3,(H,22,23)(H,24,25)(H,12,17,18)(H2,19,20,21);;;;/q;4*+1/p-4/t6-,7+,10+;;;;/m0..../s1. The molecule has 5 atom stereocenters. The van der Waals surface area contributed by atoms with E-state index in [0.717, 1.165) is 10.8 Å². The molecule has 0 radical (unpaired) electrons.